The molecule has 6 N–H and O–H groups in total. The number of anilines is 4. The number of nitrogens with two attached hydrogens (primary N) is 1. The van der Waals surface area contributed by atoms with Gasteiger partial charge >= 0.3 is 0 Å². The Labute approximate surface area is 212 Å². The van der Waals surface area contributed by atoms with E-state index in [1.54, 1.807) is 6.07 Å². The first-order valence-electron chi connectivity index (χ1n) is 12.3. The van der Waals surface area contributed by atoms with Crippen molar-refractivity contribution in [2.75, 3.05) is 40.9 Å². The molecule has 1 aromatic carbocycles. The zero-order chi connectivity index (χ0) is 26.1. The van der Waals surface area contributed by atoms with Crippen molar-refractivity contribution < 1.29 is 9.59 Å². The summed E-state index contributed by atoms with van der Waals surface area (Å²) in [5, 5.41) is 12.2. The number of hydrogen-bond donors (Lipinski definition) is 5. The predicted molar refractivity (Wildman–Crippen MR) is 146 cm³/mol. The number of allylic oxidation sites excluding steroid dienone is 1. The van der Waals surface area contributed by atoms with E-state index in [0.29, 0.717) is 53.6 Å². The zero-order valence-corrected chi connectivity index (χ0v) is 21.4. The first kappa shape index (κ1) is 26.8. The van der Waals surface area contributed by atoms with Crippen LogP contribution in [0, 0.1) is 25.7 Å². The number of hydrogen-bond acceptors (Lipinski definition) is 8. The number of aliphatic imine (C=N–C) groups is 1. The summed E-state index contributed by atoms with van der Waals surface area (Å²) in [5.41, 5.74) is 8.68. The van der Waals surface area contributed by atoms with Gasteiger partial charge in [0.25, 0.3) is 5.91 Å². The average molecular weight is 493 g/mol. The highest BCUT2D eigenvalue weighted by Gasteiger charge is 2.18. The van der Waals surface area contributed by atoms with E-state index in [2.05, 4.69) is 49.2 Å². The van der Waals surface area contributed by atoms with Gasteiger partial charge in [-0.3, -0.25) is 14.6 Å². The molecule has 1 aliphatic heterocycles. The van der Waals surface area contributed by atoms with Crippen LogP contribution in [0.2, 0.25) is 0 Å². The van der Waals surface area contributed by atoms with Crippen LogP contribution in [-0.4, -0.2) is 47.6 Å². The molecule has 0 aliphatic carbocycles. The lowest BCUT2D eigenvalue weighted by Gasteiger charge is -2.19. The van der Waals surface area contributed by atoms with Gasteiger partial charge in [0.05, 0.1) is 6.54 Å². The van der Waals surface area contributed by atoms with Crippen molar-refractivity contribution >= 4 is 41.2 Å². The summed E-state index contributed by atoms with van der Waals surface area (Å²) in [5.74, 6) is 1.08. The van der Waals surface area contributed by atoms with Crippen LogP contribution >= 0.6 is 0 Å². The average Bonchev–Trinajstić information content (AvgIpc) is 2.86. The number of carbonyl (C=O) groups is 2. The summed E-state index contributed by atoms with van der Waals surface area (Å²) >= 11 is 0. The summed E-state index contributed by atoms with van der Waals surface area (Å²) < 4.78 is 0. The minimum atomic E-state index is -0.344. The lowest BCUT2D eigenvalue weighted by Crippen LogP contribution is -2.23. The lowest BCUT2D eigenvalue weighted by atomic mass is 9.90. The Morgan fingerprint density at radius 1 is 1.06 bits per heavy atom. The van der Waals surface area contributed by atoms with Crippen LogP contribution in [-0.2, 0) is 4.79 Å². The topological polar surface area (TPSA) is 146 Å². The Balaban J connectivity index is 1.74. The molecule has 0 saturated heterocycles. The number of carbonyl (C=O) groups excluding carboxylic acids is 2. The molecule has 3 rings (SSSR count). The minimum absolute atomic E-state index is 0.121. The van der Waals surface area contributed by atoms with Gasteiger partial charge in [-0.25, -0.2) is 4.98 Å². The molecule has 10 heteroatoms. The number of nitrogens with one attached hydrogen (secondary N) is 4. The van der Waals surface area contributed by atoms with Crippen molar-refractivity contribution in [2.24, 2.45) is 22.6 Å². The Hall–Kier alpha value is -3.79. The number of nitrogens with zero attached hydrogens (tertiary/aromatic N) is 3. The zero-order valence-electron chi connectivity index (χ0n) is 21.4. The molecule has 0 saturated carbocycles. The summed E-state index contributed by atoms with van der Waals surface area (Å²) in [6, 6.07) is 3.63. The molecule has 0 radical (unpaired) electrons. The van der Waals surface area contributed by atoms with Gasteiger partial charge in [0.15, 0.2) is 0 Å². The van der Waals surface area contributed by atoms with Crippen LogP contribution in [0.15, 0.2) is 35.6 Å². The number of aromatic nitrogens is 2. The van der Waals surface area contributed by atoms with Crippen molar-refractivity contribution in [3.63, 3.8) is 0 Å². The Morgan fingerprint density at radius 3 is 2.50 bits per heavy atom. The first-order chi connectivity index (χ1) is 17.3. The van der Waals surface area contributed by atoms with Gasteiger partial charge in [-0.1, -0.05) is 26.0 Å². The molecule has 2 atom stereocenters. The van der Waals surface area contributed by atoms with Crippen LogP contribution in [0.1, 0.15) is 48.2 Å². The van der Waals surface area contributed by atoms with Gasteiger partial charge in [-0.15, -0.1) is 0 Å². The molecule has 2 aromatic rings. The lowest BCUT2D eigenvalue weighted by molar-refractivity contribution is -0.114. The fourth-order valence-electron chi connectivity index (χ4n) is 3.87. The molecule has 192 valence electrons. The van der Waals surface area contributed by atoms with Crippen LogP contribution in [0.3, 0.4) is 0 Å². The molecular formula is C26H36N8O2. The van der Waals surface area contributed by atoms with E-state index < -0.39 is 0 Å². The summed E-state index contributed by atoms with van der Waals surface area (Å²) in [6.07, 6.45) is 9.25. The normalized spacial score (nSPS) is 16.5. The molecule has 0 spiro atoms. The number of benzene rings is 1. The summed E-state index contributed by atoms with van der Waals surface area (Å²) in [7, 11) is 0. The van der Waals surface area contributed by atoms with Crippen LogP contribution in [0.5, 0.6) is 0 Å². The molecule has 36 heavy (non-hydrogen) atoms. The van der Waals surface area contributed by atoms with Crippen molar-refractivity contribution in [3.05, 3.63) is 47.3 Å². The highest BCUT2D eigenvalue weighted by molar-refractivity contribution is 6.08. The summed E-state index contributed by atoms with van der Waals surface area (Å²) in [4.78, 5) is 38.1. The third-order valence-electron chi connectivity index (χ3n) is 6.03. The fraction of sp³-hybridized carbons (Fsp3) is 0.423. The molecule has 10 nitrogen and oxygen atoms in total. The first-order valence-corrected chi connectivity index (χ1v) is 12.3. The molecule has 1 aliphatic rings. The van der Waals surface area contributed by atoms with E-state index in [1.807, 2.05) is 39.3 Å². The minimum Gasteiger partial charge on any atom is -0.369 e. The largest absolute Gasteiger partial charge is 0.369 e. The van der Waals surface area contributed by atoms with Crippen molar-refractivity contribution in [3.8, 4) is 0 Å². The molecular weight excluding hydrogens is 456 g/mol. The van der Waals surface area contributed by atoms with Crippen LogP contribution in [0.4, 0.5) is 23.1 Å². The Morgan fingerprint density at radius 2 is 1.81 bits per heavy atom. The van der Waals surface area contributed by atoms with Gasteiger partial charge in [0.2, 0.25) is 11.9 Å². The number of aryl methyl sites for hydroxylation is 2. The second-order valence-corrected chi connectivity index (χ2v) is 8.95. The highest BCUT2D eigenvalue weighted by atomic mass is 16.2. The maximum absolute atomic E-state index is 13.2. The Kier molecular flexibility index (Phi) is 9.52. The van der Waals surface area contributed by atoms with Gasteiger partial charge in [0, 0.05) is 43.1 Å². The van der Waals surface area contributed by atoms with E-state index in [4.69, 9.17) is 5.73 Å². The molecule has 0 bridgehead atoms. The van der Waals surface area contributed by atoms with E-state index in [9.17, 15) is 9.59 Å². The maximum atomic E-state index is 13.2. The molecule has 2 heterocycles. The van der Waals surface area contributed by atoms with Crippen molar-refractivity contribution in [1.82, 2.24) is 9.97 Å². The molecule has 2 unspecified atom stereocenters. The fourth-order valence-corrected chi connectivity index (χ4v) is 3.87. The second-order valence-electron chi connectivity index (χ2n) is 8.95. The van der Waals surface area contributed by atoms with Crippen LogP contribution in [0.25, 0.3) is 0 Å². The smallest absolute Gasteiger partial charge is 0.261 e. The molecule has 2 amide bonds. The highest BCUT2D eigenvalue weighted by Crippen LogP contribution is 2.26. The SMILES string of the molecule is CCCNc1nc(NCCC2C=CN=CC2C)ncc1C(=O)Nc1cc(NC(=O)CN)c(C)cc1C. The van der Waals surface area contributed by atoms with Gasteiger partial charge in [0.1, 0.15) is 11.4 Å². The molecule has 1 aromatic heterocycles. The van der Waals surface area contributed by atoms with E-state index in [1.165, 1.54) is 6.20 Å². The van der Waals surface area contributed by atoms with E-state index >= 15 is 0 Å². The second kappa shape index (κ2) is 12.8. The molecule has 0 fully saturated rings. The van der Waals surface area contributed by atoms with E-state index in [-0.39, 0.29) is 18.4 Å². The quantitative estimate of drug-likeness (QED) is 0.321. The third-order valence-corrected chi connectivity index (χ3v) is 6.03. The number of amides is 2. The van der Waals surface area contributed by atoms with Gasteiger partial charge in [-0.2, -0.15) is 4.98 Å². The Bertz CT molecular complexity index is 1150. The standard InChI is InChI=1S/C26H36N8O2/c1-5-8-29-24-20(15-31-26(34-24)30-10-7-19-6-9-28-14-18(19)4)25(36)33-22-12-21(32-23(35)13-27)16(2)11-17(22)3/h6,9,11-12,14-15,18-19H,5,7-8,10,13,27H2,1-4H3,(H,32,35)(H,33,36)(H2,29,30,31,34). The maximum Gasteiger partial charge on any atom is 0.261 e. The van der Waals surface area contributed by atoms with Crippen LogP contribution < -0.4 is 27.0 Å². The van der Waals surface area contributed by atoms with E-state index in [0.717, 1.165) is 24.0 Å². The third kappa shape index (κ3) is 7.11. The van der Waals surface area contributed by atoms with Crippen molar-refractivity contribution in [1.29, 1.82) is 0 Å². The predicted octanol–water partition coefficient (Wildman–Crippen LogP) is 3.72. The monoisotopic (exact) mass is 492 g/mol. The number of rotatable bonds is 11. The van der Waals surface area contributed by atoms with Gasteiger partial charge < -0.3 is 27.0 Å². The van der Waals surface area contributed by atoms with Gasteiger partial charge in [-0.05, 0) is 55.7 Å². The summed E-state index contributed by atoms with van der Waals surface area (Å²) in [6.45, 7) is 9.22. The van der Waals surface area contributed by atoms with Crippen molar-refractivity contribution in [2.45, 2.75) is 40.5 Å².